The Morgan fingerprint density at radius 1 is 1.57 bits per heavy atom. The van der Waals surface area contributed by atoms with Crippen LogP contribution >= 0.6 is 11.6 Å². The molecule has 1 aromatic rings. The maximum absolute atomic E-state index is 10.8. The van der Waals surface area contributed by atoms with Crippen LogP contribution in [0.1, 0.15) is 17.0 Å². The van der Waals surface area contributed by atoms with Crippen LogP contribution in [-0.4, -0.2) is 23.5 Å². The Morgan fingerprint density at radius 3 is 2.79 bits per heavy atom. The van der Waals surface area contributed by atoms with E-state index in [4.69, 9.17) is 16.1 Å². The van der Waals surface area contributed by atoms with Gasteiger partial charge in [-0.2, -0.15) is 0 Å². The molecule has 0 radical (unpaired) electrons. The molecule has 0 atom stereocenters. The Labute approximate surface area is 87.6 Å². The molecule has 1 N–H and O–H groups in total. The Kier molecular flexibility index (Phi) is 3.95. The van der Waals surface area contributed by atoms with Crippen molar-refractivity contribution < 1.29 is 9.32 Å². The second-order valence-electron chi connectivity index (χ2n) is 3.04. The highest BCUT2D eigenvalue weighted by molar-refractivity contribution is 6.27. The number of aryl methyl sites for hydroxylation is 2. The van der Waals surface area contributed by atoms with Crippen LogP contribution in [0.5, 0.6) is 0 Å². The Bertz CT molecular complexity index is 303. The number of amides is 1. The summed E-state index contributed by atoms with van der Waals surface area (Å²) >= 11 is 5.33. The average molecular weight is 217 g/mol. The first kappa shape index (κ1) is 11.0. The second-order valence-corrected chi connectivity index (χ2v) is 3.30. The molecule has 0 bridgehead atoms. The van der Waals surface area contributed by atoms with Gasteiger partial charge in [0, 0.05) is 12.1 Å². The molecule has 0 fully saturated rings. The molecule has 0 saturated carbocycles. The number of aromatic nitrogens is 1. The van der Waals surface area contributed by atoms with E-state index in [0.717, 1.165) is 23.4 Å². The topological polar surface area (TPSA) is 55.1 Å². The number of hydrogen-bond donors (Lipinski definition) is 1. The number of carbonyl (C=O) groups excluding carboxylic acids is 1. The summed E-state index contributed by atoms with van der Waals surface area (Å²) in [6.45, 7) is 4.31. The van der Waals surface area contributed by atoms with Crippen LogP contribution in [0.3, 0.4) is 0 Å². The van der Waals surface area contributed by atoms with Crippen LogP contribution in [0, 0.1) is 13.8 Å². The molecule has 0 aromatic carbocycles. The maximum Gasteiger partial charge on any atom is 0.234 e. The molecule has 78 valence electrons. The second kappa shape index (κ2) is 5.00. The average Bonchev–Trinajstić information content (AvgIpc) is 2.48. The van der Waals surface area contributed by atoms with Crippen LogP contribution in [0.4, 0.5) is 0 Å². The molecule has 0 aliphatic heterocycles. The normalized spacial score (nSPS) is 10.2. The maximum atomic E-state index is 10.8. The van der Waals surface area contributed by atoms with Gasteiger partial charge in [0.25, 0.3) is 0 Å². The standard InChI is InChI=1S/C9H13ClN2O2/c1-6-8(7(2)14-12-6)3-4-11-9(13)5-10/h3-5H2,1-2H3,(H,11,13). The van der Waals surface area contributed by atoms with Gasteiger partial charge >= 0.3 is 0 Å². The summed E-state index contributed by atoms with van der Waals surface area (Å²) in [5.74, 6) is 0.655. The van der Waals surface area contributed by atoms with E-state index in [1.807, 2.05) is 13.8 Å². The van der Waals surface area contributed by atoms with E-state index in [0.29, 0.717) is 6.54 Å². The van der Waals surface area contributed by atoms with Crippen molar-refractivity contribution in [2.75, 3.05) is 12.4 Å². The number of halogens is 1. The van der Waals surface area contributed by atoms with Crippen molar-refractivity contribution in [1.29, 1.82) is 0 Å². The van der Waals surface area contributed by atoms with Gasteiger partial charge in [-0.25, -0.2) is 0 Å². The minimum atomic E-state index is -0.154. The lowest BCUT2D eigenvalue weighted by Crippen LogP contribution is -2.26. The van der Waals surface area contributed by atoms with Crippen LogP contribution in [0.2, 0.25) is 0 Å². The molecule has 0 spiro atoms. The van der Waals surface area contributed by atoms with Crippen LogP contribution in [0.25, 0.3) is 0 Å². The lowest BCUT2D eigenvalue weighted by Gasteiger charge is -2.01. The van der Waals surface area contributed by atoms with Crippen molar-refractivity contribution >= 4 is 17.5 Å². The fourth-order valence-electron chi connectivity index (χ4n) is 1.23. The van der Waals surface area contributed by atoms with E-state index >= 15 is 0 Å². The zero-order chi connectivity index (χ0) is 10.6. The van der Waals surface area contributed by atoms with Crippen LogP contribution in [0.15, 0.2) is 4.52 Å². The highest BCUT2D eigenvalue weighted by Gasteiger charge is 2.08. The zero-order valence-corrected chi connectivity index (χ0v) is 9.02. The number of rotatable bonds is 4. The van der Waals surface area contributed by atoms with Gasteiger partial charge in [0.2, 0.25) is 5.91 Å². The van der Waals surface area contributed by atoms with Gasteiger partial charge in [0.1, 0.15) is 11.6 Å². The van der Waals surface area contributed by atoms with Crippen LogP contribution < -0.4 is 5.32 Å². The highest BCUT2D eigenvalue weighted by atomic mass is 35.5. The summed E-state index contributed by atoms with van der Waals surface area (Å²) in [7, 11) is 0. The van der Waals surface area contributed by atoms with Gasteiger partial charge in [0.15, 0.2) is 0 Å². The Balaban J connectivity index is 2.42. The van der Waals surface area contributed by atoms with E-state index in [2.05, 4.69) is 10.5 Å². The van der Waals surface area contributed by atoms with Gasteiger partial charge in [-0.05, 0) is 20.3 Å². The lowest BCUT2D eigenvalue weighted by molar-refractivity contribution is -0.118. The molecule has 14 heavy (non-hydrogen) atoms. The summed E-state index contributed by atoms with van der Waals surface area (Å²) in [6, 6.07) is 0. The van der Waals surface area contributed by atoms with E-state index in [1.165, 1.54) is 0 Å². The number of nitrogens with one attached hydrogen (secondary N) is 1. The van der Waals surface area contributed by atoms with Crippen molar-refractivity contribution in [1.82, 2.24) is 10.5 Å². The van der Waals surface area contributed by atoms with Crippen LogP contribution in [-0.2, 0) is 11.2 Å². The first-order valence-corrected chi connectivity index (χ1v) is 4.93. The minimum Gasteiger partial charge on any atom is -0.361 e. The van der Waals surface area contributed by atoms with Gasteiger partial charge in [0.05, 0.1) is 5.69 Å². The third-order valence-corrected chi connectivity index (χ3v) is 2.24. The van der Waals surface area contributed by atoms with Crippen molar-refractivity contribution in [3.05, 3.63) is 17.0 Å². The quantitative estimate of drug-likeness (QED) is 0.770. The van der Waals surface area contributed by atoms with Gasteiger partial charge in [-0.3, -0.25) is 4.79 Å². The molecule has 1 heterocycles. The number of hydrogen-bond acceptors (Lipinski definition) is 3. The van der Waals surface area contributed by atoms with E-state index in [9.17, 15) is 4.79 Å². The Hall–Kier alpha value is -1.03. The molecular weight excluding hydrogens is 204 g/mol. The molecule has 1 amide bonds. The summed E-state index contributed by atoms with van der Waals surface area (Å²) in [5, 5.41) is 6.51. The predicted octanol–water partition coefficient (Wildman–Crippen LogP) is 1.19. The minimum absolute atomic E-state index is 0.00159. The van der Waals surface area contributed by atoms with Gasteiger partial charge < -0.3 is 9.84 Å². The number of alkyl halides is 1. The summed E-state index contributed by atoms with van der Waals surface area (Å²) in [6.07, 6.45) is 0.726. The third kappa shape index (κ3) is 2.73. The zero-order valence-electron chi connectivity index (χ0n) is 8.26. The third-order valence-electron chi connectivity index (χ3n) is 2.00. The molecule has 0 aliphatic carbocycles. The van der Waals surface area contributed by atoms with E-state index in [-0.39, 0.29) is 11.8 Å². The summed E-state index contributed by atoms with van der Waals surface area (Å²) in [4.78, 5) is 10.8. The number of carbonyl (C=O) groups is 1. The predicted molar refractivity (Wildman–Crippen MR) is 53.4 cm³/mol. The smallest absolute Gasteiger partial charge is 0.234 e. The van der Waals surface area contributed by atoms with Crippen molar-refractivity contribution in [2.45, 2.75) is 20.3 Å². The molecule has 1 aromatic heterocycles. The summed E-state index contributed by atoms with van der Waals surface area (Å²) in [5.41, 5.74) is 1.93. The lowest BCUT2D eigenvalue weighted by atomic mass is 10.1. The molecule has 5 heteroatoms. The highest BCUT2D eigenvalue weighted by Crippen LogP contribution is 2.11. The fraction of sp³-hybridized carbons (Fsp3) is 0.556. The van der Waals surface area contributed by atoms with Gasteiger partial charge in [-0.1, -0.05) is 5.16 Å². The molecule has 0 unspecified atom stereocenters. The molecule has 4 nitrogen and oxygen atoms in total. The molecular formula is C9H13ClN2O2. The Morgan fingerprint density at radius 2 is 2.29 bits per heavy atom. The number of nitrogens with zero attached hydrogens (tertiary/aromatic N) is 1. The van der Waals surface area contributed by atoms with E-state index in [1.54, 1.807) is 0 Å². The molecule has 0 aliphatic rings. The van der Waals surface area contributed by atoms with Gasteiger partial charge in [-0.15, -0.1) is 11.6 Å². The first-order valence-electron chi connectivity index (χ1n) is 4.39. The summed E-state index contributed by atoms with van der Waals surface area (Å²) < 4.78 is 4.99. The monoisotopic (exact) mass is 216 g/mol. The molecule has 1 rings (SSSR count). The van der Waals surface area contributed by atoms with Crippen molar-refractivity contribution in [3.63, 3.8) is 0 Å². The van der Waals surface area contributed by atoms with E-state index < -0.39 is 0 Å². The van der Waals surface area contributed by atoms with Crippen molar-refractivity contribution in [3.8, 4) is 0 Å². The SMILES string of the molecule is Cc1noc(C)c1CCNC(=O)CCl. The first-order chi connectivity index (χ1) is 6.65. The largest absolute Gasteiger partial charge is 0.361 e. The molecule has 0 saturated heterocycles. The van der Waals surface area contributed by atoms with Crippen molar-refractivity contribution in [2.24, 2.45) is 0 Å². The fourth-order valence-corrected chi connectivity index (χ4v) is 1.33.